The zero-order valence-electron chi connectivity index (χ0n) is 11.5. The van der Waals surface area contributed by atoms with Gasteiger partial charge in [0.2, 0.25) is 0 Å². The third-order valence-electron chi connectivity index (χ3n) is 4.34. The third-order valence-corrected chi connectivity index (χ3v) is 5.72. The second-order valence-electron chi connectivity index (χ2n) is 6.20. The Bertz CT molecular complexity index is 246. The summed E-state index contributed by atoms with van der Waals surface area (Å²) in [5.41, 5.74) is 6.73. The van der Waals surface area contributed by atoms with Crippen molar-refractivity contribution >= 4 is 11.8 Å². The van der Waals surface area contributed by atoms with Crippen LogP contribution in [0.5, 0.6) is 0 Å². The fourth-order valence-electron chi connectivity index (χ4n) is 3.46. The molecule has 2 N–H and O–H groups in total. The number of rotatable bonds is 3. The van der Waals surface area contributed by atoms with Crippen molar-refractivity contribution in [3.8, 4) is 0 Å². The van der Waals surface area contributed by atoms with E-state index in [-0.39, 0.29) is 5.54 Å². The molecular formula is C14H28N2S. The van der Waals surface area contributed by atoms with Crippen LogP contribution >= 0.6 is 11.8 Å². The van der Waals surface area contributed by atoms with Gasteiger partial charge in [0.25, 0.3) is 0 Å². The standard InChI is InChI=1S/C14H28N2S/c1-3-13-10-16(7-8-17-13)11-14(15)6-4-5-12(2)9-14/h12-13H,3-11,15H2,1-2H3. The molecule has 0 radical (unpaired) electrons. The van der Waals surface area contributed by atoms with Crippen LogP contribution in [0, 0.1) is 5.92 Å². The summed E-state index contributed by atoms with van der Waals surface area (Å²) in [6, 6.07) is 0. The molecule has 1 aliphatic carbocycles. The monoisotopic (exact) mass is 256 g/mol. The number of hydrogen-bond acceptors (Lipinski definition) is 3. The molecule has 3 unspecified atom stereocenters. The molecule has 0 spiro atoms. The molecule has 2 rings (SSSR count). The normalized spacial score (nSPS) is 40.4. The minimum Gasteiger partial charge on any atom is -0.324 e. The van der Waals surface area contributed by atoms with E-state index in [0.717, 1.165) is 17.7 Å². The molecule has 0 bridgehead atoms. The summed E-state index contributed by atoms with van der Waals surface area (Å²) >= 11 is 2.15. The number of nitrogens with two attached hydrogens (primary N) is 1. The molecule has 0 amide bonds. The van der Waals surface area contributed by atoms with Crippen LogP contribution in [0.1, 0.15) is 46.0 Å². The molecule has 1 heterocycles. The van der Waals surface area contributed by atoms with Gasteiger partial charge in [-0.1, -0.05) is 26.7 Å². The molecule has 2 fully saturated rings. The average molecular weight is 256 g/mol. The van der Waals surface area contributed by atoms with E-state index in [9.17, 15) is 0 Å². The molecule has 0 aromatic heterocycles. The second-order valence-corrected chi connectivity index (χ2v) is 7.61. The quantitative estimate of drug-likeness (QED) is 0.842. The highest BCUT2D eigenvalue weighted by Crippen LogP contribution is 2.32. The summed E-state index contributed by atoms with van der Waals surface area (Å²) < 4.78 is 0. The summed E-state index contributed by atoms with van der Waals surface area (Å²) in [5, 5.41) is 0.841. The SMILES string of the molecule is CCC1CN(CC2(N)CCCC(C)C2)CCS1. The number of hydrogen-bond donors (Lipinski definition) is 1. The maximum atomic E-state index is 6.62. The van der Waals surface area contributed by atoms with E-state index in [1.54, 1.807) is 0 Å². The van der Waals surface area contributed by atoms with E-state index in [4.69, 9.17) is 5.73 Å². The van der Waals surface area contributed by atoms with Gasteiger partial charge >= 0.3 is 0 Å². The van der Waals surface area contributed by atoms with Crippen LogP contribution in [0.15, 0.2) is 0 Å². The Labute approximate surface area is 111 Å². The summed E-state index contributed by atoms with van der Waals surface area (Å²) in [6.07, 6.45) is 6.48. The average Bonchev–Trinajstić information content (AvgIpc) is 2.28. The van der Waals surface area contributed by atoms with Gasteiger partial charge in [-0.2, -0.15) is 11.8 Å². The maximum Gasteiger partial charge on any atom is 0.0285 e. The number of nitrogens with zero attached hydrogens (tertiary/aromatic N) is 1. The Morgan fingerprint density at radius 3 is 3.00 bits per heavy atom. The zero-order chi connectivity index (χ0) is 12.3. The molecule has 0 aromatic rings. The van der Waals surface area contributed by atoms with Gasteiger partial charge in [0.1, 0.15) is 0 Å². The van der Waals surface area contributed by atoms with Crippen molar-refractivity contribution in [2.75, 3.05) is 25.4 Å². The molecule has 1 saturated heterocycles. The highest BCUT2D eigenvalue weighted by Gasteiger charge is 2.33. The highest BCUT2D eigenvalue weighted by atomic mass is 32.2. The molecule has 3 atom stereocenters. The van der Waals surface area contributed by atoms with Crippen LogP contribution in [0.3, 0.4) is 0 Å². The van der Waals surface area contributed by atoms with Gasteiger partial charge in [-0.05, 0) is 25.2 Å². The molecule has 0 aromatic carbocycles. The van der Waals surface area contributed by atoms with Gasteiger partial charge in [-0.3, -0.25) is 4.90 Å². The van der Waals surface area contributed by atoms with Crippen molar-refractivity contribution in [2.24, 2.45) is 11.7 Å². The second kappa shape index (κ2) is 5.94. The molecule has 2 aliphatic rings. The lowest BCUT2D eigenvalue weighted by molar-refractivity contribution is 0.152. The lowest BCUT2D eigenvalue weighted by Gasteiger charge is -2.42. The first-order valence-electron chi connectivity index (χ1n) is 7.24. The molecule has 1 aliphatic heterocycles. The fourth-order valence-corrected chi connectivity index (χ4v) is 4.71. The van der Waals surface area contributed by atoms with E-state index in [1.807, 2.05) is 0 Å². The van der Waals surface area contributed by atoms with E-state index < -0.39 is 0 Å². The van der Waals surface area contributed by atoms with Gasteiger partial charge < -0.3 is 5.73 Å². The Morgan fingerprint density at radius 2 is 2.29 bits per heavy atom. The Hall–Kier alpha value is 0.270. The summed E-state index contributed by atoms with van der Waals surface area (Å²) in [4.78, 5) is 2.63. The first kappa shape index (κ1) is 13.7. The minimum atomic E-state index is 0.109. The van der Waals surface area contributed by atoms with Crippen molar-refractivity contribution < 1.29 is 0 Å². The summed E-state index contributed by atoms with van der Waals surface area (Å²) in [5.74, 6) is 2.12. The predicted molar refractivity (Wildman–Crippen MR) is 77.5 cm³/mol. The molecule has 3 heteroatoms. The predicted octanol–water partition coefficient (Wildman–Crippen LogP) is 2.72. The van der Waals surface area contributed by atoms with Gasteiger partial charge in [-0.15, -0.1) is 0 Å². The van der Waals surface area contributed by atoms with Gasteiger partial charge in [0.05, 0.1) is 0 Å². The first-order chi connectivity index (χ1) is 8.11. The summed E-state index contributed by atoms with van der Waals surface area (Å²) in [6.45, 7) is 8.31. The van der Waals surface area contributed by atoms with E-state index in [0.29, 0.717) is 0 Å². The highest BCUT2D eigenvalue weighted by molar-refractivity contribution is 8.00. The van der Waals surface area contributed by atoms with Crippen LogP contribution in [0.2, 0.25) is 0 Å². The molecule has 100 valence electrons. The van der Waals surface area contributed by atoms with Crippen LogP contribution in [-0.4, -0.2) is 41.1 Å². The van der Waals surface area contributed by atoms with Crippen molar-refractivity contribution in [3.05, 3.63) is 0 Å². The van der Waals surface area contributed by atoms with Gasteiger partial charge in [-0.25, -0.2) is 0 Å². The van der Waals surface area contributed by atoms with Crippen molar-refractivity contribution in [2.45, 2.75) is 56.7 Å². The van der Waals surface area contributed by atoms with E-state index >= 15 is 0 Å². The van der Waals surface area contributed by atoms with Crippen LogP contribution in [0.25, 0.3) is 0 Å². The topological polar surface area (TPSA) is 29.3 Å². The van der Waals surface area contributed by atoms with Crippen LogP contribution in [-0.2, 0) is 0 Å². The number of thioether (sulfide) groups is 1. The Balaban J connectivity index is 1.86. The Kier molecular flexibility index (Phi) is 4.79. The molecule has 2 nitrogen and oxygen atoms in total. The van der Waals surface area contributed by atoms with Crippen molar-refractivity contribution in [3.63, 3.8) is 0 Å². The van der Waals surface area contributed by atoms with E-state index in [2.05, 4.69) is 30.5 Å². The van der Waals surface area contributed by atoms with Crippen LogP contribution < -0.4 is 5.73 Å². The lowest BCUT2D eigenvalue weighted by Crippen LogP contribution is -2.55. The van der Waals surface area contributed by atoms with E-state index in [1.165, 1.54) is 50.9 Å². The van der Waals surface area contributed by atoms with Gasteiger partial charge in [0.15, 0.2) is 0 Å². The van der Waals surface area contributed by atoms with Crippen molar-refractivity contribution in [1.29, 1.82) is 0 Å². The smallest absolute Gasteiger partial charge is 0.0285 e. The fraction of sp³-hybridized carbons (Fsp3) is 1.00. The third kappa shape index (κ3) is 3.87. The minimum absolute atomic E-state index is 0.109. The van der Waals surface area contributed by atoms with Crippen molar-refractivity contribution in [1.82, 2.24) is 4.90 Å². The van der Waals surface area contributed by atoms with Crippen LogP contribution in [0.4, 0.5) is 0 Å². The largest absolute Gasteiger partial charge is 0.324 e. The molecule has 1 saturated carbocycles. The maximum absolute atomic E-state index is 6.62. The Morgan fingerprint density at radius 1 is 1.47 bits per heavy atom. The summed E-state index contributed by atoms with van der Waals surface area (Å²) in [7, 11) is 0. The first-order valence-corrected chi connectivity index (χ1v) is 8.29. The lowest BCUT2D eigenvalue weighted by atomic mass is 9.77. The molecular weight excluding hydrogens is 228 g/mol. The zero-order valence-corrected chi connectivity index (χ0v) is 12.3. The molecule has 17 heavy (non-hydrogen) atoms. The van der Waals surface area contributed by atoms with Gasteiger partial charge in [0, 0.05) is 36.2 Å².